The first-order chi connectivity index (χ1) is 10.7. The molecule has 0 aliphatic carbocycles. The van der Waals surface area contributed by atoms with E-state index in [9.17, 15) is 9.90 Å². The average molecular weight is 299 g/mol. The van der Waals surface area contributed by atoms with Crippen LogP contribution in [0.15, 0.2) is 54.6 Å². The summed E-state index contributed by atoms with van der Waals surface area (Å²) in [6.45, 7) is 3.15. The summed E-state index contributed by atoms with van der Waals surface area (Å²) >= 11 is 0. The van der Waals surface area contributed by atoms with Gasteiger partial charge in [-0.1, -0.05) is 49.4 Å². The fourth-order valence-electron chi connectivity index (χ4n) is 2.17. The van der Waals surface area contributed by atoms with E-state index < -0.39 is 12.0 Å². The lowest BCUT2D eigenvalue weighted by Gasteiger charge is -2.16. The Morgan fingerprint density at radius 2 is 1.95 bits per heavy atom. The van der Waals surface area contributed by atoms with Gasteiger partial charge >= 0.3 is 5.97 Å². The molecule has 2 aromatic rings. The Labute approximate surface area is 130 Å². The minimum atomic E-state index is -0.899. The predicted molar refractivity (Wildman–Crippen MR) is 85.9 cm³/mol. The van der Waals surface area contributed by atoms with Crippen LogP contribution in [-0.2, 0) is 11.3 Å². The van der Waals surface area contributed by atoms with E-state index in [1.165, 1.54) is 0 Å². The van der Waals surface area contributed by atoms with Crippen molar-refractivity contribution in [1.82, 2.24) is 5.32 Å². The molecule has 1 atom stereocenters. The lowest BCUT2D eigenvalue weighted by molar-refractivity contribution is -0.139. The number of carboxylic acids is 1. The summed E-state index contributed by atoms with van der Waals surface area (Å²) in [4.78, 5) is 11.5. The van der Waals surface area contributed by atoms with Gasteiger partial charge in [-0.15, -0.1) is 0 Å². The predicted octanol–water partition coefficient (Wildman–Crippen LogP) is 3.39. The van der Waals surface area contributed by atoms with Gasteiger partial charge in [0.15, 0.2) is 0 Å². The third kappa shape index (κ3) is 4.60. The molecule has 0 saturated heterocycles. The molecule has 0 aliphatic heterocycles. The normalized spacial score (nSPS) is 11.9. The lowest BCUT2D eigenvalue weighted by Crippen LogP contribution is -2.28. The molecule has 0 fully saturated rings. The van der Waals surface area contributed by atoms with Crippen LogP contribution in [0, 0.1) is 0 Å². The van der Waals surface area contributed by atoms with Crippen LogP contribution in [0.3, 0.4) is 0 Å². The molecule has 2 rings (SSSR count). The number of hydrogen-bond donors (Lipinski definition) is 2. The Balaban J connectivity index is 2.09. The Kier molecular flexibility index (Phi) is 5.98. The van der Waals surface area contributed by atoms with Crippen LogP contribution in [0.4, 0.5) is 0 Å². The van der Waals surface area contributed by atoms with Crippen molar-refractivity contribution in [2.45, 2.75) is 25.9 Å². The number of ether oxygens (including phenoxy) is 1. The SMILES string of the molecule is CCCOc1cccc(C(NCc2ccccc2)C(=O)O)c1. The number of aliphatic carboxylic acids is 1. The molecule has 0 aromatic heterocycles. The molecule has 0 amide bonds. The van der Waals surface area contributed by atoms with Gasteiger partial charge in [0.25, 0.3) is 0 Å². The molecule has 0 aliphatic rings. The second kappa shape index (κ2) is 8.20. The summed E-state index contributed by atoms with van der Waals surface area (Å²) < 4.78 is 5.57. The maximum atomic E-state index is 11.5. The second-order valence-electron chi connectivity index (χ2n) is 5.06. The van der Waals surface area contributed by atoms with Crippen molar-refractivity contribution in [3.63, 3.8) is 0 Å². The van der Waals surface area contributed by atoms with Crippen molar-refractivity contribution in [2.75, 3.05) is 6.61 Å². The Hall–Kier alpha value is -2.33. The quantitative estimate of drug-likeness (QED) is 0.784. The Morgan fingerprint density at radius 1 is 1.18 bits per heavy atom. The zero-order chi connectivity index (χ0) is 15.8. The molecule has 4 heteroatoms. The molecule has 0 heterocycles. The molecule has 0 bridgehead atoms. The van der Waals surface area contributed by atoms with E-state index in [1.807, 2.05) is 49.4 Å². The third-order valence-corrected chi connectivity index (χ3v) is 3.26. The van der Waals surface area contributed by atoms with Crippen LogP contribution in [-0.4, -0.2) is 17.7 Å². The topological polar surface area (TPSA) is 58.6 Å². The first kappa shape index (κ1) is 16.0. The lowest BCUT2D eigenvalue weighted by atomic mass is 10.1. The highest BCUT2D eigenvalue weighted by atomic mass is 16.5. The Morgan fingerprint density at radius 3 is 2.64 bits per heavy atom. The molecule has 1 unspecified atom stereocenters. The number of benzene rings is 2. The van der Waals surface area contributed by atoms with E-state index in [2.05, 4.69) is 5.32 Å². The summed E-state index contributed by atoms with van der Waals surface area (Å²) in [5.74, 6) is -0.198. The minimum absolute atomic E-state index is 0.498. The van der Waals surface area contributed by atoms with Crippen LogP contribution < -0.4 is 10.1 Å². The number of hydrogen-bond acceptors (Lipinski definition) is 3. The third-order valence-electron chi connectivity index (χ3n) is 3.26. The van der Waals surface area contributed by atoms with Crippen LogP contribution in [0.1, 0.15) is 30.5 Å². The van der Waals surface area contributed by atoms with Crippen LogP contribution in [0.2, 0.25) is 0 Å². The maximum Gasteiger partial charge on any atom is 0.325 e. The molecule has 0 saturated carbocycles. The van der Waals surface area contributed by atoms with Crippen molar-refractivity contribution >= 4 is 5.97 Å². The van der Waals surface area contributed by atoms with Gasteiger partial charge in [0.1, 0.15) is 11.8 Å². The monoisotopic (exact) mass is 299 g/mol. The van der Waals surface area contributed by atoms with Gasteiger partial charge in [-0.3, -0.25) is 10.1 Å². The van der Waals surface area contributed by atoms with Gasteiger partial charge in [-0.2, -0.15) is 0 Å². The molecular formula is C18H21NO3. The van der Waals surface area contributed by atoms with E-state index in [4.69, 9.17) is 4.74 Å². The Bertz CT molecular complexity index is 598. The van der Waals surface area contributed by atoms with Gasteiger partial charge in [-0.05, 0) is 29.7 Å². The molecule has 4 nitrogen and oxygen atoms in total. The molecule has 0 spiro atoms. The fourth-order valence-corrected chi connectivity index (χ4v) is 2.17. The van der Waals surface area contributed by atoms with Crippen molar-refractivity contribution < 1.29 is 14.6 Å². The van der Waals surface area contributed by atoms with E-state index in [1.54, 1.807) is 12.1 Å². The van der Waals surface area contributed by atoms with Crippen molar-refractivity contribution in [2.24, 2.45) is 0 Å². The highest BCUT2D eigenvalue weighted by molar-refractivity contribution is 5.75. The van der Waals surface area contributed by atoms with Crippen LogP contribution in [0.25, 0.3) is 0 Å². The maximum absolute atomic E-state index is 11.5. The highest BCUT2D eigenvalue weighted by Gasteiger charge is 2.19. The van der Waals surface area contributed by atoms with E-state index >= 15 is 0 Å². The zero-order valence-electron chi connectivity index (χ0n) is 12.7. The van der Waals surface area contributed by atoms with Gasteiger partial charge in [-0.25, -0.2) is 0 Å². The second-order valence-corrected chi connectivity index (χ2v) is 5.06. The summed E-state index contributed by atoms with van der Waals surface area (Å²) in [6.07, 6.45) is 0.916. The van der Waals surface area contributed by atoms with E-state index in [0.29, 0.717) is 24.5 Å². The number of carboxylic acid groups (broad SMARTS) is 1. The van der Waals surface area contributed by atoms with Gasteiger partial charge < -0.3 is 9.84 Å². The first-order valence-corrected chi connectivity index (χ1v) is 7.43. The summed E-state index contributed by atoms with van der Waals surface area (Å²) in [7, 11) is 0. The summed E-state index contributed by atoms with van der Waals surface area (Å²) in [5, 5.41) is 12.5. The smallest absolute Gasteiger partial charge is 0.325 e. The van der Waals surface area contributed by atoms with Crippen molar-refractivity contribution in [3.05, 3.63) is 65.7 Å². The largest absolute Gasteiger partial charge is 0.494 e. The van der Waals surface area contributed by atoms with Gasteiger partial charge in [0, 0.05) is 6.54 Å². The number of carbonyl (C=O) groups is 1. The zero-order valence-corrected chi connectivity index (χ0v) is 12.7. The summed E-state index contributed by atoms with van der Waals surface area (Å²) in [6, 6.07) is 16.2. The molecular weight excluding hydrogens is 278 g/mol. The molecule has 0 radical (unpaired) electrons. The molecule has 2 N–H and O–H groups in total. The van der Waals surface area contributed by atoms with Gasteiger partial charge in [0.2, 0.25) is 0 Å². The van der Waals surface area contributed by atoms with Crippen LogP contribution in [0.5, 0.6) is 5.75 Å². The number of nitrogens with one attached hydrogen (secondary N) is 1. The summed E-state index contributed by atoms with van der Waals surface area (Å²) in [5.41, 5.74) is 1.74. The number of rotatable bonds is 8. The molecule has 116 valence electrons. The van der Waals surface area contributed by atoms with E-state index in [0.717, 1.165) is 12.0 Å². The fraction of sp³-hybridized carbons (Fsp3) is 0.278. The van der Waals surface area contributed by atoms with Crippen molar-refractivity contribution in [3.8, 4) is 5.75 Å². The van der Waals surface area contributed by atoms with E-state index in [-0.39, 0.29) is 0 Å². The highest BCUT2D eigenvalue weighted by Crippen LogP contribution is 2.20. The van der Waals surface area contributed by atoms with Crippen LogP contribution >= 0.6 is 0 Å². The minimum Gasteiger partial charge on any atom is -0.494 e. The van der Waals surface area contributed by atoms with Gasteiger partial charge in [0.05, 0.1) is 6.61 Å². The first-order valence-electron chi connectivity index (χ1n) is 7.43. The average Bonchev–Trinajstić information content (AvgIpc) is 2.54. The van der Waals surface area contributed by atoms with Crippen molar-refractivity contribution in [1.29, 1.82) is 0 Å². The standard InChI is InChI=1S/C18H21NO3/c1-2-11-22-16-10-6-9-15(12-16)17(18(20)21)19-13-14-7-4-3-5-8-14/h3-10,12,17,19H,2,11,13H2,1H3,(H,20,21). The molecule has 2 aromatic carbocycles. The molecule has 22 heavy (non-hydrogen) atoms.